The first-order valence-electron chi connectivity index (χ1n) is 5.11. The predicted molar refractivity (Wildman–Crippen MR) is 68.0 cm³/mol. The van der Waals surface area contributed by atoms with Gasteiger partial charge in [0.25, 0.3) is 11.8 Å². The fourth-order valence-corrected chi connectivity index (χ4v) is 2.14. The lowest BCUT2D eigenvalue weighted by Crippen LogP contribution is -2.17. The molecule has 0 fully saturated rings. The molecule has 0 spiro atoms. The molecule has 2 rings (SSSR count). The van der Waals surface area contributed by atoms with Crippen molar-refractivity contribution in [2.75, 3.05) is 5.32 Å². The Kier molecular flexibility index (Phi) is 3.71. The fourth-order valence-electron chi connectivity index (χ4n) is 1.35. The van der Waals surface area contributed by atoms with Gasteiger partial charge in [-0.1, -0.05) is 18.2 Å². The number of hydroxylamine groups is 1. The Labute approximate surface area is 107 Å². The molecule has 0 saturated heterocycles. The molecule has 0 aliphatic carbocycles. The molecule has 0 atom stereocenters. The third kappa shape index (κ3) is 2.73. The van der Waals surface area contributed by atoms with E-state index in [1.54, 1.807) is 12.1 Å². The Hall–Kier alpha value is -2.18. The lowest BCUT2D eigenvalue weighted by molar-refractivity contribution is 0.0711. The van der Waals surface area contributed by atoms with Crippen LogP contribution in [0.3, 0.4) is 0 Å². The molecular weight excluding hydrogens is 252 g/mol. The zero-order chi connectivity index (χ0) is 13.0. The molecule has 1 aromatic heterocycles. The summed E-state index contributed by atoms with van der Waals surface area (Å²) in [4.78, 5) is 23.6. The maximum atomic E-state index is 11.8. The molecular formula is C12H10N2O3S. The van der Waals surface area contributed by atoms with Crippen LogP contribution in [0.1, 0.15) is 19.3 Å². The van der Waals surface area contributed by atoms with Crippen molar-refractivity contribution in [2.24, 2.45) is 0 Å². The summed E-state index contributed by atoms with van der Waals surface area (Å²) in [5, 5.41) is 11.2. The number of benzene rings is 1. The van der Waals surface area contributed by atoms with E-state index in [0.717, 1.165) is 11.3 Å². The molecule has 0 unspecified atom stereocenters. The van der Waals surface area contributed by atoms with Gasteiger partial charge in [0.2, 0.25) is 0 Å². The molecule has 5 nitrogen and oxygen atoms in total. The standard InChI is InChI=1S/C12H10N2O3S/c15-11(13-8-4-2-1-3-5-8)9-6-7-10(18-9)12(16)14-17/h1-7,17H,(H,13,15)(H,14,16). The van der Waals surface area contributed by atoms with Gasteiger partial charge in [0.15, 0.2) is 0 Å². The van der Waals surface area contributed by atoms with Gasteiger partial charge in [0.05, 0.1) is 9.75 Å². The van der Waals surface area contributed by atoms with E-state index in [9.17, 15) is 9.59 Å². The van der Waals surface area contributed by atoms with Crippen LogP contribution in [0, 0.1) is 0 Å². The maximum Gasteiger partial charge on any atom is 0.284 e. The van der Waals surface area contributed by atoms with Crippen LogP contribution in [0.4, 0.5) is 5.69 Å². The minimum atomic E-state index is -0.626. The minimum absolute atomic E-state index is 0.274. The highest BCUT2D eigenvalue weighted by Gasteiger charge is 2.13. The summed E-state index contributed by atoms with van der Waals surface area (Å²) < 4.78 is 0. The second kappa shape index (κ2) is 5.44. The molecule has 92 valence electrons. The fraction of sp³-hybridized carbons (Fsp3) is 0. The van der Waals surface area contributed by atoms with Gasteiger partial charge in [-0.2, -0.15) is 0 Å². The van der Waals surface area contributed by atoms with Gasteiger partial charge in [0.1, 0.15) is 0 Å². The van der Waals surface area contributed by atoms with Gasteiger partial charge in [-0.05, 0) is 24.3 Å². The highest BCUT2D eigenvalue weighted by atomic mass is 32.1. The molecule has 0 saturated carbocycles. The van der Waals surface area contributed by atoms with Crippen LogP contribution in [-0.2, 0) is 0 Å². The molecule has 1 aromatic carbocycles. The Morgan fingerprint density at radius 3 is 2.17 bits per heavy atom. The number of nitrogens with one attached hydrogen (secondary N) is 2. The molecule has 1 heterocycles. The largest absolute Gasteiger partial charge is 0.321 e. The van der Waals surface area contributed by atoms with Crippen LogP contribution < -0.4 is 10.8 Å². The minimum Gasteiger partial charge on any atom is -0.321 e. The van der Waals surface area contributed by atoms with Crippen molar-refractivity contribution in [3.05, 3.63) is 52.2 Å². The van der Waals surface area contributed by atoms with Gasteiger partial charge in [-0.15, -0.1) is 11.3 Å². The van der Waals surface area contributed by atoms with E-state index in [4.69, 9.17) is 5.21 Å². The number of anilines is 1. The SMILES string of the molecule is O=C(NO)c1ccc(C(=O)Nc2ccccc2)s1. The van der Waals surface area contributed by atoms with Crippen LogP contribution in [0.25, 0.3) is 0 Å². The van der Waals surface area contributed by atoms with Gasteiger partial charge >= 0.3 is 0 Å². The number of hydrogen-bond acceptors (Lipinski definition) is 4. The summed E-state index contributed by atoms with van der Waals surface area (Å²) in [6.07, 6.45) is 0. The van der Waals surface area contributed by atoms with Crippen LogP contribution in [-0.4, -0.2) is 17.0 Å². The average Bonchev–Trinajstić information content (AvgIpc) is 2.88. The molecule has 3 N–H and O–H groups in total. The van der Waals surface area contributed by atoms with E-state index in [2.05, 4.69) is 5.32 Å². The Bertz CT molecular complexity index is 566. The summed E-state index contributed by atoms with van der Waals surface area (Å²) in [6.45, 7) is 0. The van der Waals surface area contributed by atoms with Crippen LogP contribution in [0.2, 0.25) is 0 Å². The van der Waals surface area contributed by atoms with E-state index >= 15 is 0 Å². The highest BCUT2D eigenvalue weighted by molar-refractivity contribution is 7.16. The molecule has 18 heavy (non-hydrogen) atoms. The summed E-state index contributed by atoms with van der Waals surface area (Å²) in [6, 6.07) is 12.0. The first-order chi connectivity index (χ1) is 8.70. The molecule has 0 radical (unpaired) electrons. The molecule has 0 aliphatic heterocycles. The van der Waals surface area contributed by atoms with E-state index < -0.39 is 5.91 Å². The van der Waals surface area contributed by atoms with Crippen molar-refractivity contribution in [2.45, 2.75) is 0 Å². The van der Waals surface area contributed by atoms with Crippen molar-refractivity contribution < 1.29 is 14.8 Å². The Morgan fingerprint density at radius 2 is 1.56 bits per heavy atom. The second-order valence-electron chi connectivity index (χ2n) is 3.42. The number of carbonyl (C=O) groups excluding carboxylic acids is 2. The average molecular weight is 262 g/mol. The number of rotatable bonds is 3. The normalized spacial score (nSPS) is 9.83. The topological polar surface area (TPSA) is 78.4 Å². The van der Waals surface area contributed by atoms with Gasteiger partial charge in [-0.3, -0.25) is 14.8 Å². The smallest absolute Gasteiger partial charge is 0.284 e. The lowest BCUT2D eigenvalue weighted by Gasteiger charge is -2.02. The number of amides is 2. The number of carbonyl (C=O) groups is 2. The van der Waals surface area contributed by atoms with E-state index in [1.165, 1.54) is 17.6 Å². The zero-order valence-corrected chi connectivity index (χ0v) is 10.0. The van der Waals surface area contributed by atoms with Gasteiger partial charge in [-0.25, -0.2) is 5.48 Å². The number of hydrogen-bond donors (Lipinski definition) is 3. The molecule has 2 aromatic rings. The van der Waals surface area contributed by atoms with E-state index in [-0.39, 0.29) is 10.8 Å². The summed E-state index contributed by atoms with van der Waals surface area (Å²) >= 11 is 1.01. The van der Waals surface area contributed by atoms with Crippen LogP contribution >= 0.6 is 11.3 Å². The predicted octanol–water partition coefficient (Wildman–Crippen LogP) is 2.12. The van der Waals surface area contributed by atoms with Crippen molar-refractivity contribution >= 4 is 28.8 Å². The molecule has 0 bridgehead atoms. The quantitative estimate of drug-likeness (QED) is 0.585. The van der Waals surface area contributed by atoms with Crippen molar-refractivity contribution in [3.8, 4) is 0 Å². The third-order valence-corrected chi connectivity index (χ3v) is 3.27. The number of thiophene rings is 1. The zero-order valence-electron chi connectivity index (χ0n) is 9.21. The second-order valence-corrected chi connectivity index (χ2v) is 4.51. The maximum absolute atomic E-state index is 11.8. The van der Waals surface area contributed by atoms with Crippen molar-refractivity contribution in [1.29, 1.82) is 0 Å². The van der Waals surface area contributed by atoms with Crippen molar-refractivity contribution in [3.63, 3.8) is 0 Å². The summed E-state index contributed by atoms with van der Waals surface area (Å²) in [5.74, 6) is -0.915. The van der Waals surface area contributed by atoms with Crippen molar-refractivity contribution in [1.82, 2.24) is 5.48 Å². The summed E-state index contributed by atoms with van der Waals surface area (Å²) in [7, 11) is 0. The summed E-state index contributed by atoms with van der Waals surface area (Å²) in [5.41, 5.74) is 2.21. The molecule has 2 amide bonds. The number of para-hydroxylation sites is 1. The van der Waals surface area contributed by atoms with E-state index in [0.29, 0.717) is 10.6 Å². The van der Waals surface area contributed by atoms with Crippen LogP contribution in [0.5, 0.6) is 0 Å². The van der Waals surface area contributed by atoms with Gasteiger partial charge in [0, 0.05) is 5.69 Å². The Balaban J connectivity index is 2.10. The molecule has 0 aliphatic rings. The van der Waals surface area contributed by atoms with Crippen LogP contribution in [0.15, 0.2) is 42.5 Å². The Morgan fingerprint density at radius 1 is 0.944 bits per heavy atom. The van der Waals surface area contributed by atoms with Gasteiger partial charge < -0.3 is 5.32 Å². The molecule has 6 heteroatoms. The first kappa shape index (κ1) is 12.3. The lowest BCUT2D eigenvalue weighted by atomic mass is 10.3. The first-order valence-corrected chi connectivity index (χ1v) is 5.93. The third-order valence-electron chi connectivity index (χ3n) is 2.19. The van der Waals surface area contributed by atoms with E-state index in [1.807, 2.05) is 18.2 Å². The highest BCUT2D eigenvalue weighted by Crippen LogP contribution is 2.18. The monoisotopic (exact) mass is 262 g/mol.